The van der Waals surface area contributed by atoms with Crippen LogP contribution in [-0.2, 0) is 22.7 Å². The van der Waals surface area contributed by atoms with Crippen molar-refractivity contribution in [3.05, 3.63) is 101 Å². The van der Waals surface area contributed by atoms with Gasteiger partial charge >= 0.3 is 6.09 Å². The molecular weight excluding hydrogens is 542 g/mol. The second-order valence-corrected chi connectivity index (χ2v) is 10.4. The third-order valence-corrected chi connectivity index (χ3v) is 6.67. The Labute approximate surface area is 242 Å². The van der Waals surface area contributed by atoms with Gasteiger partial charge in [-0.25, -0.2) is 9.78 Å². The number of carbonyl (C=O) groups is 3. The maximum Gasteiger partial charge on any atom is 0.408 e. The van der Waals surface area contributed by atoms with Gasteiger partial charge in [-0.05, 0) is 36.1 Å². The zero-order chi connectivity index (χ0) is 29.0. The van der Waals surface area contributed by atoms with Crippen molar-refractivity contribution in [2.24, 2.45) is 5.92 Å². The zero-order valence-electron chi connectivity index (χ0n) is 22.7. The van der Waals surface area contributed by atoms with E-state index in [1.807, 2.05) is 68.4 Å². The van der Waals surface area contributed by atoms with E-state index in [4.69, 9.17) is 9.47 Å². The molecule has 0 aliphatic carbocycles. The Hall–Kier alpha value is -4.77. The minimum atomic E-state index is -0.920. The van der Waals surface area contributed by atoms with Crippen LogP contribution in [0.5, 0.6) is 5.75 Å². The molecule has 41 heavy (non-hydrogen) atoms. The summed E-state index contributed by atoms with van der Waals surface area (Å²) in [7, 11) is 0. The minimum absolute atomic E-state index is 0.0129. The molecule has 0 unspecified atom stereocenters. The third kappa shape index (κ3) is 8.87. The summed E-state index contributed by atoms with van der Waals surface area (Å²) in [6, 6.07) is 19.9. The minimum Gasteiger partial charge on any atom is -0.488 e. The molecule has 212 valence electrons. The summed E-state index contributed by atoms with van der Waals surface area (Å²) in [5.41, 5.74) is 7.40. The molecule has 3 N–H and O–H groups in total. The third-order valence-electron chi connectivity index (χ3n) is 5.80. The highest BCUT2D eigenvalue weighted by molar-refractivity contribution is 7.13. The molecule has 10 nitrogen and oxygen atoms in total. The molecule has 4 aromatic rings. The number of hydrogen-bond acceptors (Lipinski definition) is 8. The maximum atomic E-state index is 12.8. The Balaban J connectivity index is 1.33. The first-order chi connectivity index (χ1) is 19.9. The van der Waals surface area contributed by atoms with Gasteiger partial charge in [0, 0.05) is 23.3 Å². The topological polar surface area (TPSA) is 132 Å². The lowest BCUT2D eigenvalue weighted by Gasteiger charge is -2.20. The predicted molar refractivity (Wildman–Crippen MR) is 155 cm³/mol. The number of hydrazine groups is 1. The molecule has 2 aromatic heterocycles. The van der Waals surface area contributed by atoms with Crippen LogP contribution in [0.2, 0.25) is 0 Å². The van der Waals surface area contributed by atoms with Crippen molar-refractivity contribution in [1.82, 2.24) is 26.1 Å². The Morgan fingerprint density at radius 3 is 2.41 bits per heavy atom. The smallest absolute Gasteiger partial charge is 0.408 e. The molecule has 2 heterocycles. The van der Waals surface area contributed by atoms with Crippen molar-refractivity contribution in [3.63, 3.8) is 0 Å². The van der Waals surface area contributed by atoms with Crippen LogP contribution in [0.1, 0.15) is 41.9 Å². The summed E-state index contributed by atoms with van der Waals surface area (Å²) in [6.07, 6.45) is 2.79. The molecule has 0 fully saturated rings. The van der Waals surface area contributed by atoms with E-state index in [0.717, 1.165) is 11.1 Å². The molecule has 3 amide bonds. The van der Waals surface area contributed by atoms with Crippen LogP contribution in [0.25, 0.3) is 10.6 Å². The maximum absolute atomic E-state index is 12.8. The van der Waals surface area contributed by atoms with Crippen LogP contribution in [0.3, 0.4) is 0 Å². The number of carbonyl (C=O) groups excluding carboxylic acids is 3. The van der Waals surface area contributed by atoms with Gasteiger partial charge in [0.25, 0.3) is 11.8 Å². The standard InChI is InChI=1S/C30H31N5O5S/c1-20(2)15-24(33-30(38)40-18-22-11-8-14-31-16-22)27(36)34-35-28(37)25-19-41-29(32-25)23-12-6-7-13-26(23)39-17-21-9-4-3-5-10-21/h3-14,16,19-20,24H,15,17-18H2,1-2H3,(H,33,38)(H,34,36)(H,35,37)/t24-/m0/s1. The number of aromatic nitrogens is 2. The molecule has 1 atom stereocenters. The fourth-order valence-corrected chi connectivity index (χ4v) is 4.62. The second-order valence-electron chi connectivity index (χ2n) is 9.52. The summed E-state index contributed by atoms with van der Waals surface area (Å²) in [5.74, 6) is -0.444. The molecule has 0 aliphatic rings. The molecule has 0 saturated carbocycles. The fraction of sp³-hybridized carbons (Fsp3) is 0.233. The highest BCUT2D eigenvalue weighted by Crippen LogP contribution is 2.32. The normalized spacial score (nSPS) is 11.4. The number of nitrogens with zero attached hydrogens (tertiary/aromatic N) is 2. The summed E-state index contributed by atoms with van der Waals surface area (Å²) >= 11 is 1.29. The number of alkyl carbamates (subject to hydrolysis) is 1. The van der Waals surface area contributed by atoms with E-state index < -0.39 is 23.9 Å². The zero-order valence-corrected chi connectivity index (χ0v) is 23.5. The number of benzene rings is 2. The molecule has 4 rings (SSSR count). The van der Waals surface area contributed by atoms with Gasteiger partial charge in [-0.1, -0.05) is 62.4 Å². The highest BCUT2D eigenvalue weighted by atomic mass is 32.1. The first-order valence-corrected chi connectivity index (χ1v) is 13.9. The molecule has 0 bridgehead atoms. The number of hydrogen-bond donors (Lipinski definition) is 3. The summed E-state index contributed by atoms with van der Waals surface area (Å²) < 4.78 is 11.2. The summed E-state index contributed by atoms with van der Waals surface area (Å²) in [4.78, 5) is 46.4. The lowest BCUT2D eigenvalue weighted by Crippen LogP contribution is -2.52. The Kier molecular flexibility index (Phi) is 10.4. The van der Waals surface area contributed by atoms with E-state index in [1.165, 1.54) is 11.3 Å². The van der Waals surface area contributed by atoms with E-state index in [0.29, 0.717) is 29.3 Å². The van der Waals surface area contributed by atoms with Crippen LogP contribution in [0, 0.1) is 5.92 Å². The average Bonchev–Trinajstić information content (AvgIpc) is 3.49. The van der Waals surface area contributed by atoms with Crippen molar-refractivity contribution < 1.29 is 23.9 Å². The van der Waals surface area contributed by atoms with Gasteiger partial charge in [-0.3, -0.25) is 25.4 Å². The van der Waals surface area contributed by atoms with Crippen LogP contribution in [-0.4, -0.2) is 33.9 Å². The number of nitrogens with one attached hydrogen (secondary N) is 3. The molecule has 0 radical (unpaired) electrons. The van der Waals surface area contributed by atoms with Gasteiger partial charge in [-0.2, -0.15) is 0 Å². The summed E-state index contributed by atoms with van der Waals surface area (Å²) in [6.45, 7) is 4.24. The molecular formula is C30H31N5O5S. The monoisotopic (exact) mass is 573 g/mol. The van der Waals surface area contributed by atoms with Crippen molar-refractivity contribution in [1.29, 1.82) is 0 Å². The van der Waals surface area contributed by atoms with E-state index in [-0.39, 0.29) is 18.2 Å². The first-order valence-electron chi connectivity index (χ1n) is 13.0. The molecule has 11 heteroatoms. The van der Waals surface area contributed by atoms with Gasteiger partial charge in [0.15, 0.2) is 0 Å². The van der Waals surface area contributed by atoms with Crippen LogP contribution >= 0.6 is 11.3 Å². The second kappa shape index (κ2) is 14.6. The van der Waals surface area contributed by atoms with Crippen LogP contribution in [0.4, 0.5) is 4.79 Å². The lowest BCUT2D eigenvalue weighted by atomic mass is 10.0. The number of ether oxygens (including phenoxy) is 2. The van der Waals surface area contributed by atoms with Gasteiger partial charge in [0.1, 0.15) is 35.7 Å². The fourth-order valence-electron chi connectivity index (χ4n) is 3.79. The Morgan fingerprint density at radius 2 is 1.66 bits per heavy atom. The van der Waals surface area contributed by atoms with Crippen molar-refractivity contribution >= 4 is 29.2 Å². The number of rotatable bonds is 11. The van der Waals surface area contributed by atoms with Crippen molar-refractivity contribution in [3.8, 4) is 16.3 Å². The number of pyridine rings is 1. The lowest BCUT2D eigenvalue weighted by molar-refractivity contribution is -0.124. The van der Waals surface area contributed by atoms with E-state index in [9.17, 15) is 14.4 Å². The number of para-hydroxylation sites is 1. The Bertz CT molecular complexity index is 1450. The van der Waals surface area contributed by atoms with Gasteiger partial charge in [-0.15, -0.1) is 11.3 Å². The van der Waals surface area contributed by atoms with Gasteiger partial charge < -0.3 is 14.8 Å². The van der Waals surface area contributed by atoms with Gasteiger partial charge in [0.05, 0.1) is 5.56 Å². The highest BCUT2D eigenvalue weighted by Gasteiger charge is 2.24. The first kappa shape index (κ1) is 29.2. The Morgan fingerprint density at radius 1 is 0.902 bits per heavy atom. The molecule has 2 aromatic carbocycles. The van der Waals surface area contributed by atoms with Crippen molar-refractivity contribution in [2.75, 3.05) is 0 Å². The van der Waals surface area contributed by atoms with Gasteiger partial charge in [0.2, 0.25) is 0 Å². The number of thiazole rings is 1. The predicted octanol–water partition coefficient (Wildman–Crippen LogP) is 4.89. The summed E-state index contributed by atoms with van der Waals surface area (Å²) in [5, 5.41) is 4.76. The largest absolute Gasteiger partial charge is 0.488 e. The van der Waals surface area contributed by atoms with E-state index >= 15 is 0 Å². The van der Waals surface area contributed by atoms with E-state index in [1.54, 1.807) is 29.9 Å². The van der Waals surface area contributed by atoms with E-state index in [2.05, 4.69) is 26.1 Å². The SMILES string of the molecule is CC(C)C[C@H](NC(=O)OCc1cccnc1)C(=O)NNC(=O)c1csc(-c2ccccc2OCc2ccccc2)n1. The molecule has 0 spiro atoms. The average molecular weight is 574 g/mol. The number of amides is 3. The quantitative estimate of drug-likeness (QED) is 0.218. The van der Waals surface area contributed by atoms with Crippen molar-refractivity contribution in [2.45, 2.75) is 39.5 Å². The van der Waals surface area contributed by atoms with Crippen LogP contribution < -0.4 is 20.9 Å². The molecule has 0 aliphatic heterocycles. The van der Waals surface area contributed by atoms with Crippen LogP contribution in [0.15, 0.2) is 84.5 Å². The molecule has 0 saturated heterocycles.